The second-order valence-electron chi connectivity index (χ2n) is 3.66. The molecule has 1 aromatic carbocycles. The minimum atomic E-state index is -0.524. The van der Waals surface area contributed by atoms with E-state index in [0.717, 1.165) is 20.7 Å². The lowest BCUT2D eigenvalue weighted by molar-refractivity contribution is 0.178. The number of aliphatic hydroxyl groups is 1. The minimum absolute atomic E-state index is 0.524. The average molecular weight is 313 g/mol. The molecule has 1 aromatic heterocycles. The highest BCUT2D eigenvalue weighted by atomic mass is 79.9. The van der Waals surface area contributed by atoms with Crippen molar-refractivity contribution in [2.75, 3.05) is 7.11 Å². The van der Waals surface area contributed by atoms with Crippen LogP contribution in [0.25, 0.3) is 0 Å². The van der Waals surface area contributed by atoms with Crippen LogP contribution in [-0.2, 0) is 6.42 Å². The Morgan fingerprint density at radius 1 is 1.35 bits per heavy atom. The van der Waals surface area contributed by atoms with Crippen molar-refractivity contribution in [3.63, 3.8) is 0 Å². The highest BCUT2D eigenvalue weighted by molar-refractivity contribution is 9.10. The molecule has 4 heteroatoms. The predicted octanol–water partition coefficient (Wildman–Crippen LogP) is 3.80. The molecule has 2 rings (SSSR count). The molecular formula is C13H13BrO2S. The molecule has 0 aliphatic heterocycles. The molecule has 1 atom stereocenters. The predicted molar refractivity (Wildman–Crippen MR) is 73.7 cm³/mol. The molecule has 1 heterocycles. The number of methoxy groups -OCH3 is 1. The van der Waals surface area contributed by atoms with Crippen molar-refractivity contribution in [3.05, 3.63) is 50.6 Å². The van der Waals surface area contributed by atoms with Gasteiger partial charge in [0.25, 0.3) is 0 Å². The van der Waals surface area contributed by atoms with E-state index < -0.39 is 6.10 Å². The fraction of sp³-hybridized carbons (Fsp3) is 0.231. The van der Waals surface area contributed by atoms with Crippen molar-refractivity contribution in [1.29, 1.82) is 0 Å². The Bertz CT molecular complexity index is 496. The molecule has 0 bridgehead atoms. The van der Waals surface area contributed by atoms with Crippen LogP contribution < -0.4 is 4.74 Å². The maximum Gasteiger partial charge on any atom is 0.135 e. The minimum Gasteiger partial charge on any atom is -0.495 e. The van der Waals surface area contributed by atoms with Crippen molar-refractivity contribution in [2.24, 2.45) is 0 Å². The summed E-state index contributed by atoms with van der Waals surface area (Å²) in [7, 11) is 1.62. The maximum atomic E-state index is 10.2. The van der Waals surface area contributed by atoms with Gasteiger partial charge in [-0.15, -0.1) is 11.3 Å². The van der Waals surface area contributed by atoms with Crippen LogP contribution in [0.5, 0.6) is 5.75 Å². The van der Waals surface area contributed by atoms with Gasteiger partial charge in [-0.25, -0.2) is 0 Å². The van der Waals surface area contributed by atoms with Gasteiger partial charge in [0.15, 0.2) is 0 Å². The zero-order valence-corrected chi connectivity index (χ0v) is 11.8. The third-order valence-electron chi connectivity index (χ3n) is 2.55. The Morgan fingerprint density at radius 3 is 2.82 bits per heavy atom. The highest BCUT2D eigenvalue weighted by Crippen LogP contribution is 2.33. The van der Waals surface area contributed by atoms with Crippen molar-refractivity contribution in [1.82, 2.24) is 0 Å². The second kappa shape index (κ2) is 5.67. The van der Waals surface area contributed by atoms with Gasteiger partial charge in [0.1, 0.15) is 5.75 Å². The molecular weight excluding hydrogens is 300 g/mol. The standard InChI is InChI=1S/C13H13BrO2S/c1-16-12-6-7-17-13(12)11(15)8-9-4-2-3-5-10(9)14/h2-7,11,15H,8H2,1H3. The average Bonchev–Trinajstić information content (AvgIpc) is 2.80. The van der Waals surface area contributed by atoms with E-state index >= 15 is 0 Å². The normalized spacial score (nSPS) is 12.4. The third kappa shape index (κ3) is 2.89. The summed E-state index contributed by atoms with van der Waals surface area (Å²) in [6.45, 7) is 0. The summed E-state index contributed by atoms with van der Waals surface area (Å²) in [6, 6.07) is 9.80. The van der Waals surface area contributed by atoms with Crippen molar-refractivity contribution < 1.29 is 9.84 Å². The van der Waals surface area contributed by atoms with Crippen molar-refractivity contribution in [3.8, 4) is 5.75 Å². The molecule has 0 radical (unpaired) electrons. The Morgan fingerprint density at radius 2 is 2.12 bits per heavy atom. The molecule has 0 amide bonds. The summed E-state index contributed by atoms with van der Waals surface area (Å²) in [5, 5.41) is 12.1. The van der Waals surface area contributed by atoms with E-state index in [0.29, 0.717) is 6.42 Å². The zero-order chi connectivity index (χ0) is 12.3. The lowest BCUT2D eigenvalue weighted by atomic mass is 10.1. The van der Waals surface area contributed by atoms with E-state index in [2.05, 4.69) is 15.9 Å². The fourth-order valence-electron chi connectivity index (χ4n) is 1.69. The van der Waals surface area contributed by atoms with Gasteiger partial charge in [0.05, 0.1) is 18.1 Å². The van der Waals surface area contributed by atoms with Crippen LogP contribution in [0.3, 0.4) is 0 Å². The Labute approximate surface area is 113 Å². The van der Waals surface area contributed by atoms with Crippen LogP contribution in [0.4, 0.5) is 0 Å². The number of halogens is 1. The quantitative estimate of drug-likeness (QED) is 0.930. The number of aliphatic hydroxyl groups excluding tert-OH is 1. The molecule has 90 valence electrons. The Kier molecular flexibility index (Phi) is 4.20. The van der Waals surface area contributed by atoms with Gasteiger partial charge in [-0.3, -0.25) is 0 Å². The molecule has 0 saturated carbocycles. The zero-order valence-electron chi connectivity index (χ0n) is 9.39. The Hall–Kier alpha value is -0.840. The fourth-order valence-corrected chi connectivity index (χ4v) is 2.98. The summed E-state index contributed by atoms with van der Waals surface area (Å²) in [5.74, 6) is 0.759. The van der Waals surface area contributed by atoms with Crippen LogP contribution >= 0.6 is 27.3 Å². The first kappa shape index (κ1) is 12.6. The van der Waals surface area contributed by atoms with Crippen LogP contribution in [0.1, 0.15) is 16.5 Å². The molecule has 0 spiro atoms. The molecule has 0 fully saturated rings. The second-order valence-corrected chi connectivity index (χ2v) is 5.47. The molecule has 0 aliphatic rings. The van der Waals surface area contributed by atoms with Crippen LogP contribution in [0.2, 0.25) is 0 Å². The number of rotatable bonds is 4. The Balaban J connectivity index is 2.17. The topological polar surface area (TPSA) is 29.5 Å². The van der Waals surface area contributed by atoms with Crippen molar-refractivity contribution in [2.45, 2.75) is 12.5 Å². The number of ether oxygens (including phenoxy) is 1. The molecule has 2 nitrogen and oxygen atoms in total. The van der Waals surface area contributed by atoms with E-state index in [-0.39, 0.29) is 0 Å². The number of benzene rings is 1. The molecule has 2 aromatic rings. The summed E-state index contributed by atoms with van der Waals surface area (Å²) >= 11 is 5.00. The lowest BCUT2D eigenvalue weighted by Crippen LogP contribution is -2.01. The smallest absolute Gasteiger partial charge is 0.135 e. The summed E-state index contributed by atoms with van der Waals surface area (Å²) in [4.78, 5) is 0.878. The number of hydrogen-bond acceptors (Lipinski definition) is 3. The van der Waals surface area contributed by atoms with E-state index in [1.165, 1.54) is 11.3 Å². The number of hydrogen-bond donors (Lipinski definition) is 1. The van der Waals surface area contributed by atoms with E-state index in [1.54, 1.807) is 7.11 Å². The van der Waals surface area contributed by atoms with Gasteiger partial charge in [-0.2, -0.15) is 0 Å². The third-order valence-corrected chi connectivity index (χ3v) is 4.32. The van der Waals surface area contributed by atoms with Crippen LogP contribution in [0.15, 0.2) is 40.2 Å². The monoisotopic (exact) mass is 312 g/mol. The van der Waals surface area contributed by atoms with E-state index in [1.807, 2.05) is 35.7 Å². The van der Waals surface area contributed by atoms with Gasteiger partial charge in [0.2, 0.25) is 0 Å². The van der Waals surface area contributed by atoms with Gasteiger partial charge in [-0.1, -0.05) is 34.1 Å². The number of thiophene rings is 1. The van der Waals surface area contributed by atoms with Gasteiger partial charge < -0.3 is 9.84 Å². The first-order chi connectivity index (χ1) is 8.22. The highest BCUT2D eigenvalue weighted by Gasteiger charge is 2.16. The lowest BCUT2D eigenvalue weighted by Gasteiger charge is -2.12. The van der Waals surface area contributed by atoms with Gasteiger partial charge in [-0.05, 0) is 23.1 Å². The molecule has 0 saturated heterocycles. The molecule has 0 aliphatic carbocycles. The molecule has 1 unspecified atom stereocenters. The van der Waals surface area contributed by atoms with Gasteiger partial charge >= 0.3 is 0 Å². The van der Waals surface area contributed by atoms with Crippen LogP contribution in [-0.4, -0.2) is 12.2 Å². The van der Waals surface area contributed by atoms with E-state index in [9.17, 15) is 5.11 Å². The summed E-state index contributed by atoms with van der Waals surface area (Å²) in [6.07, 6.45) is 0.0572. The van der Waals surface area contributed by atoms with E-state index in [4.69, 9.17) is 4.74 Å². The van der Waals surface area contributed by atoms with Gasteiger partial charge in [0, 0.05) is 10.9 Å². The SMILES string of the molecule is COc1ccsc1C(O)Cc1ccccc1Br. The molecule has 1 N–H and O–H groups in total. The first-order valence-corrected chi connectivity index (χ1v) is 6.92. The largest absolute Gasteiger partial charge is 0.495 e. The molecule has 17 heavy (non-hydrogen) atoms. The maximum absolute atomic E-state index is 10.2. The first-order valence-electron chi connectivity index (χ1n) is 5.25. The van der Waals surface area contributed by atoms with Crippen LogP contribution in [0, 0.1) is 0 Å². The summed E-state index contributed by atoms with van der Waals surface area (Å²) in [5.41, 5.74) is 1.09. The van der Waals surface area contributed by atoms with Crippen molar-refractivity contribution >= 4 is 27.3 Å². The summed E-state index contributed by atoms with van der Waals surface area (Å²) < 4.78 is 6.24.